The highest BCUT2D eigenvalue weighted by Crippen LogP contribution is 2.07. The van der Waals surface area contributed by atoms with Crippen LogP contribution < -0.4 is 0 Å². The van der Waals surface area contributed by atoms with E-state index in [9.17, 15) is 14.4 Å². The second kappa shape index (κ2) is 8.25. The van der Waals surface area contributed by atoms with E-state index in [2.05, 4.69) is 0 Å². The van der Waals surface area contributed by atoms with E-state index in [1.165, 1.54) is 9.80 Å². The van der Waals surface area contributed by atoms with Gasteiger partial charge < -0.3 is 14.7 Å². The van der Waals surface area contributed by atoms with Crippen LogP contribution in [-0.4, -0.2) is 72.2 Å². The molecule has 116 valence electrons. The molecule has 3 amide bonds. The maximum Gasteiger partial charge on any atom is 0.312 e. The van der Waals surface area contributed by atoms with Gasteiger partial charge in [0.05, 0.1) is 12.5 Å². The molecule has 7 nitrogen and oxygen atoms in total. The van der Waals surface area contributed by atoms with Crippen LogP contribution in [0.1, 0.15) is 26.2 Å². The van der Waals surface area contributed by atoms with Crippen LogP contribution in [0.15, 0.2) is 0 Å². The molecule has 1 aliphatic rings. The first-order valence-electron chi connectivity index (χ1n) is 7.20. The van der Waals surface area contributed by atoms with Crippen LogP contribution in [-0.2, 0) is 14.4 Å². The Balaban J connectivity index is 2.43. The summed E-state index contributed by atoms with van der Waals surface area (Å²) in [7, 11) is 1.63. The predicted molar refractivity (Wildman–Crippen MR) is 75.9 cm³/mol. The normalized spacial score (nSPS) is 15.1. The fourth-order valence-electron chi connectivity index (χ4n) is 2.18. The van der Waals surface area contributed by atoms with E-state index in [0.717, 1.165) is 6.42 Å². The van der Waals surface area contributed by atoms with Gasteiger partial charge in [-0.2, -0.15) is 5.26 Å². The van der Waals surface area contributed by atoms with Gasteiger partial charge in [0.15, 0.2) is 0 Å². The summed E-state index contributed by atoms with van der Waals surface area (Å²) in [5.74, 6) is -1.13. The number of piperazine rings is 1. The highest BCUT2D eigenvalue weighted by atomic mass is 16.2. The molecule has 0 aromatic rings. The average Bonchev–Trinajstić information content (AvgIpc) is 2.48. The summed E-state index contributed by atoms with van der Waals surface area (Å²) < 4.78 is 0. The fraction of sp³-hybridized carbons (Fsp3) is 0.714. The minimum Gasteiger partial charge on any atom is -0.345 e. The molecule has 1 aliphatic heterocycles. The molecule has 0 spiro atoms. The number of nitrogens with zero attached hydrogens (tertiary/aromatic N) is 4. The Kier molecular flexibility index (Phi) is 6.66. The van der Waals surface area contributed by atoms with Gasteiger partial charge in [0.2, 0.25) is 5.91 Å². The van der Waals surface area contributed by atoms with Gasteiger partial charge in [-0.05, 0) is 6.42 Å². The van der Waals surface area contributed by atoms with E-state index >= 15 is 0 Å². The van der Waals surface area contributed by atoms with E-state index in [-0.39, 0.29) is 25.3 Å². The molecular formula is C14H22N4O3. The number of rotatable bonds is 7. The molecule has 0 atom stereocenters. The zero-order valence-corrected chi connectivity index (χ0v) is 12.7. The summed E-state index contributed by atoms with van der Waals surface area (Å²) in [6.07, 6.45) is 1.28. The van der Waals surface area contributed by atoms with Crippen molar-refractivity contribution in [1.82, 2.24) is 14.7 Å². The number of carbonyl (C=O) groups is 3. The molecular weight excluding hydrogens is 272 g/mol. The van der Waals surface area contributed by atoms with Gasteiger partial charge >= 0.3 is 11.8 Å². The first-order chi connectivity index (χ1) is 10.0. The minimum absolute atomic E-state index is 0.124. The second-order valence-corrected chi connectivity index (χ2v) is 5.06. The molecule has 0 aromatic carbocycles. The molecule has 0 aliphatic carbocycles. The molecule has 0 bridgehead atoms. The zero-order chi connectivity index (χ0) is 15.8. The third-order valence-corrected chi connectivity index (χ3v) is 3.47. The Morgan fingerprint density at radius 2 is 1.81 bits per heavy atom. The van der Waals surface area contributed by atoms with Crippen molar-refractivity contribution >= 4 is 17.7 Å². The van der Waals surface area contributed by atoms with Crippen LogP contribution in [0, 0.1) is 11.3 Å². The van der Waals surface area contributed by atoms with Crippen LogP contribution in [0.4, 0.5) is 0 Å². The molecule has 21 heavy (non-hydrogen) atoms. The van der Waals surface area contributed by atoms with Gasteiger partial charge in [0.25, 0.3) is 0 Å². The Bertz CT molecular complexity index is 444. The lowest BCUT2D eigenvalue weighted by Crippen LogP contribution is -2.54. The van der Waals surface area contributed by atoms with Crippen LogP contribution >= 0.6 is 0 Å². The maximum atomic E-state index is 11.9. The largest absolute Gasteiger partial charge is 0.345 e. The molecule has 1 rings (SSSR count). The van der Waals surface area contributed by atoms with Gasteiger partial charge in [0.1, 0.15) is 0 Å². The van der Waals surface area contributed by atoms with Crippen molar-refractivity contribution in [2.75, 3.05) is 39.8 Å². The highest BCUT2D eigenvalue weighted by molar-refractivity contribution is 6.35. The quantitative estimate of drug-likeness (QED) is 0.610. The Labute approximate surface area is 125 Å². The van der Waals surface area contributed by atoms with E-state index in [0.29, 0.717) is 26.2 Å². The van der Waals surface area contributed by atoms with Crippen molar-refractivity contribution in [2.24, 2.45) is 0 Å². The first kappa shape index (κ1) is 17.0. The lowest BCUT2D eigenvalue weighted by atomic mass is 10.2. The highest BCUT2D eigenvalue weighted by Gasteiger charge is 2.31. The molecule has 0 aromatic heterocycles. The topological polar surface area (TPSA) is 84.7 Å². The molecule has 7 heteroatoms. The van der Waals surface area contributed by atoms with E-state index < -0.39 is 11.8 Å². The number of amides is 3. The number of nitriles is 1. The van der Waals surface area contributed by atoms with Gasteiger partial charge in [-0.3, -0.25) is 14.4 Å². The fourth-order valence-corrected chi connectivity index (χ4v) is 2.18. The minimum atomic E-state index is -0.526. The molecule has 0 unspecified atom stereocenters. The number of carbonyl (C=O) groups excluding carboxylic acids is 3. The van der Waals surface area contributed by atoms with E-state index in [4.69, 9.17) is 5.26 Å². The number of hydrogen-bond donors (Lipinski definition) is 0. The lowest BCUT2D eigenvalue weighted by molar-refractivity contribution is -0.156. The number of hydrogen-bond acceptors (Lipinski definition) is 4. The lowest BCUT2D eigenvalue weighted by Gasteiger charge is -2.33. The van der Waals surface area contributed by atoms with E-state index in [1.807, 2.05) is 13.0 Å². The summed E-state index contributed by atoms with van der Waals surface area (Å²) in [4.78, 5) is 40.1. The van der Waals surface area contributed by atoms with Gasteiger partial charge in [-0.25, -0.2) is 0 Å². The molecule has 0 N–H and O–H groups in total. The second-order valence-electron chi connectivity index (χ2n) is 5.06. The van der Waals surface area contributed by atoms with Crippen molar-refractivity contribution < 1.29 is 14.4 Å². The Morgan fingerprint density at radius 1 is 1.24 bits per heavy atom. The third-order valence-electron chi connectivity index (χ3n) is 3.47. The van der Waals surface area contributed by atoms with Crippen molar-refractivity contribution in [1.29, 1.82) is 5.26 Å². The summed E-state index contributed by atoms with van der Waals surface area (Å²) >= 11 is 0. The predicted octanol–water partition coefficient (Wildman–Crippen LogP) is -0.171. The monoisotopic (exact) mass is 294 g/mol. The standard InChI is InChI=1S/C14H22N4O3/c1-3-7-17-10-11-18(14(21)13(17)20)9-5-12(19)16(2)8-4-6-15/h3-5,7-11H2,1-2H3. The third kappa shape index (κ3) is 4.74. The molecule has 0 radical (unpaired) electrons. The molecule has 0 saturated carbocycles. The van der Waals surface area contributed by atoms with Crippen molar-refractivity contribution in [3.05, 3.63) is 0 Å². The SMILES string of the molecule is CCCN1CCN(CCC(=O)N(C)CCC#N)C(=O)C1=O. The molecule has 1 saturated heterocycles. The van der Waals surface area contributed by atoms with Gasteiger partial charge in [-0.15, -0.1) is 0 Å². The first-order valence-corrected chi connectivity index (χ1v) is 7.20. The van der Waals surface area contributed by atoms with Crippen LogP contribution in [0.25, 0.3) is 0 Å². The summed E-state index contributed by atoms with van der Waals surface area (Å²) in [6, 6.07) is 1.98. The summed E-state index contributed by atoms with van der Waals surface area (Å²) in [5.41, 5.74) is 0. The molecule has 1 fully saturated rings. The average molecular weight is 294 g/mol. The van der Waals surface area contributed by atoms with Crippen molar-refractivity contribution in [3.8, 4) is 6.07 Å². The van der Waals surface area contributed by atoms with Crippen molar-refractivity contribution in [3.63, 3.8) is 0 Å². The van der Waals surface area contributed by atoms with E-state index in [1.54, 1.807) is 11.9 Å². The van der Waals surface area contributed by atoms with Crippen LogP contribution in [0.3, 0.4) is 0 Å². The smallest absolute Gasteiger partial charge is 0.312 e. The maximum absolute atomic E-state index is 11.9. The Morgan fingerprint density at radius 3 is 2.33 bits per heavy atom. The van der Waals surface area contributed by atoms with Crippen LogP contribution in [0.2, 0.25) is 0 Å². The van der Waals surface area contributed by atoms with Crippen molar-refractivity contribution in [2.45, 2.75) is 26.2 Å². The Hall–Kier alpha value is -2.10. The van der Waals surface area contributed by atoms with Gasteiger partial charge in [0, 0.05) is 46.2 Å². The summed E-state index contributed by atoms with van der Waals surface area (Å²) in [6.45, 7) is 4.18. The van der Waals surface area contributed by atoms with Crippen LogP contribution in [0.5, 0.6) is 0 Å². The summed E-state index contributed by atoms with van der Waals surface area (Å²) in [5, 5.41) is 8.48. The zero-order valence-electron chi connectivity index (χ0n) is 12.7. The van der Waals surface area contributed by atoms with Gasteiger partial charge in [-0.1, -0.05) is 6.92 Å². The molecule has 1 heterocycles.